The van der Waals surface area contributed by atoms with E-state index in [1.807, 2.05) is 38.1 Å². The van der Waals surface area contributed by atoms with Crippen LogP contribution in [-0.4, -0.2) is 29.3 Å². The van der Waals surface area contributed by atoms with E-state index in [2.05, 4.69) is 4.98 Å². The van der Waals surface area contributed by atoms with E-state index in [9.17, 15) is 9.90 Å². The van der Waals surface area contributed by atoms with Crippen molar-refractivity contribution in [3.05, 3.63) is 52.3 Å². The molecule has 2 aromatic rings. The average molecular weight is 317 g/mol. The Bertz CT molecular complexity index is 671. The Kier molecular flexibility index (Phi) is 5.45. The number of aryl methyl sites for hydroxylation is 2. The highest BCUT2D eigenvalue weighted by Crippen LogP contribution is 2.24. The summed E-state index contributed by atoms with van der Waals surface area (Å²) in [5.41, 5.74) is 3.79. The number of esters is 1. The minimum Gasteiger partial charge on any atom is -0.490 e. The van der Waals surface area contributed by atoms with Crippen molar-refractivity contribution >= 4 is 5.97 Å². The molecule has 1 heterocycles. The lowest BCUT2D eigenvalue weighted by Crippen LogP contribution is -2.13. The highest BCUT2D eigenvalue weighted by Gasteiger charge is 2.20. The minimum absolute atomic E-state index is 0.161. The van der Waals surface area contributed by atoms with E-state index >= 15 is 0 Å². The van der Waals surface area contributed by atoms with Crippen molar-refractivity contribution < 1.29 is 19.4 Å². The molecule has 0 radical (unpaired) electrons. The van der Waals surface area contributed by atoms with Gasteiger partial charge in [-0.1, -0.05) is 17.7 Å². The third-order valence-corrected chi connectivity index (χ3v) is 3.72. The fourth-order valence-corrected chi connectivity index (χ4v) is 2.60. The Morgan fingerprint density at radius 3 is 2.39 bits per heavy atom. The Labute approximate surface area is 136 Å². The summed E-state index contributed by atoms with van der Waals surface area (Å²) in [5.74, 6) is 0.306. The van der Waals surface area contributed by atoms with E-state index in [4.69, 9.17) is 9.47 Å². The molecule has 1 atom stereocenters. The molecule has 0 fully saturated rings. The molecule has 0 saturated carbocycles. The van der Waals surface area contributed by atoms with Crippen LogP contribution >= 0.6 is 0 Å². The van der Waals surface area contributed by atoms with Gasteiger partial charge in [0.05, 0.1) is 6.10 Å². The molecule has 0 aliphatic rings. The summed E-state index contributed by atoms with van der Waals surface area (Å²) in [4.78, 5) is 15.1. The first-order chi connectivity index (χ1) is 10.9. The standard InChI is InChI=1S/C18H23NO4/c1-11-5-7-15(8-6-11)22-9-10-23-18(21)17-12(2)16(14(4)20)13(3)19-17/h5-8,14,19-20H,9-10H2,1-4H3/t14-/m0/s1. The van der Waals surface area contributed by atoms with Gasteiger partial charge in [0.25, 0.3) is 0 Å². The zero-order chi connectivity index (χ0) is 17.0. The summed E-state index contributed by atoms with van der Waals surface area (Å²) in [5, 5.41) is 9.75. The van der Waals surface area contributed by atoms with Gasteiger partial charge >= 0.3 is 5.97 Å². The molecule has 0 aliphatic heterocycles. The van der Waals surface area contributed by atoms with E-state index in [1.54, 1.807) is 13.8 Å². The van der Waals surface area contributed by atoms with Crippen molar-refractivity contribution in [3.63, 3.8) is 0 Å². The van der Waals surface area contributed by atoms with Crippen LogP contribution in [0.2, 0.25) is 0 Å². The summed E-state index contributed by atoms with van der Waals surface area (Å²) in [6.07, 6.45) is -0.627. The number of aromatic nitrogens is 1. The fraction of sp³-hybridized carbons (Fsp3) is 0.389. The highest BCUT2D eigenvalue weighted by atomic mass is 16.6. The number of hydrogen-bond donors (Lipinski definition) is 2. The van der Waals surface area contributed by atoms with Gasteiger partial charge in [0.15, 0.2) is 0 Å². The van der Waals surface area contributed by atoms with Crippen LogP contribution in [0.3, 0.4) is 0 Å². The van der Waals surface area contributed by atoms with E-state index in [0.717, 1.165) is 28.1 Å². The van der Waals surface area contributed by atoms with Gasteiger partial charge in [-0.15, -0.1) is 0 Å². The van der Waals surface area contributed by atoms with E-state index < -0.39 is 12.1 Å². The number of hydrogen-bond acceptors (Lipinski definition) is 4. The van der Waals surface area contributed by atoms with E-state index in [1.165, 1.54) is 0 Å². The number of carbonyl (C=O) groups excluding carboxylic acids is 1. The lowest BCUT2D eigenvalue weighted by Gasteiger charge is -2.08. The maximum Gasteiger partial charge on any atom is 0.355 e. The molecular weight excluding hydrogens is 294 g/mol. The van der Waals surface area contributed by atoms with Crippen LogP contribution in [0, 0.1) is 20.8 Å². The van der Waals surface area contributed by atoms with Crippen LogP contribution in [0.15, 0.2) is 24.3 Å². The number of H-pyrrole nitrogens is 1. The van der Waals surface area contributed by atoms with E-state index in [-0.39, 0.29) is 13.2 Å². The molecule has 1 aromatic carbocycles. The van der Waals surface area contributed by atoms with Gasteiger partial charge in [0, 0.05) is 11.3 Å². The molecule has 0 bridgehead atoms. The van der Waals surface area contributed by atoms with Crippen LogP contribution in [-0.2, 0) is 4.74 Å². The Morgan fingerprint density at radius 2 is 1.83 bits per heavy atom. The van der Waals surface area contributed by atoms with Crippen LogP contribution in [0.4, 0.5) is 0 Å². The maximum atomic E-state index is 12.1. The number of nitrogens with one attached hydrogen (secondary N) is 1. The van der Waals surface area contributed by atoms with Gasteiger partial charge in [-0.2, -0.15) is 0 Å². The highest BCUT2D eigenvalue weighted by molar-refractivity contribution is 5.89. The molecule has 5 nitrogen and oxygen atoms in total. The predicted molar refractivity (Wildman–Crippen MR) is 87.9 cm³/mol. The molecule has 0 unspecified atom stereocenters. The lowest BCUT2D eigenvalue weighted by atomic mass is 10.1. The lowest BCUT2D eigenvalue weighted by molar-refractivity contribution is 0.0443. The molecule has 0 saturated heterocycles. The van der Waals surface area contributed by atoms with Crippen molar-refractivity contribution in [1.29, 1.82) is 0 Å². The van der Waals surface area contributed by atoms with Crippen LogP contribution in [0.25, 0.3) is 0 Å². The van der Waals surface area contributed by atoms with Crippen LogP contribution in [0.1, 0.15) is 45.9 Å². The summed E-state index contributed by atoms with van der Waals surface area (Å²) in [7, 11) is 0. The first-order valence-corrected chi connectivity index (χ1v) is 7.64. The fourth-order valence-electron chi connectivity index (χ4n) is 2.60. The molecule has 23 heavy (non-hydrogen) atoms. The normalized spacial score (nSPS) is 12.0. The number of carbonyl (C=O) groups is 1. The molecular formula is C18H23NO4. The second-order valence-corrected chi connectivity index (χ2v) is 5.64. The van der Waals surface area contributed by atoms with E-state index in [0.29, 0.717) is 5.69 Å². The number of ether oxygens (including phenoxy) is 2. The topological polar surface area (TPSA) is 71.5 Å². The van der Waals surface area contributed by atoms with Gasteiger partial charge < -0.3 is 19.6 Å². The maximum absolute atomic E-state index is 12.1. The Hall–Kier alpha value is -2.27. The molecule has 2 rings (SSSR count). The van der Waals surface area contributed by atoms with Crippen molar-refractivity contribution in [3.8, 4) is 5.75 Å². The number of aromatic amines is 1. The average Bonchev–Trinajstić information content (AvgIpc) is 2.80. The summed E-state index contributed by atoms with van der Waals surface area (Å²) in [6.45, 7) is 7.75. The largest absolute Gasteiger partial charge is 0.490 e. The zero-order valence-electron chi connectivity index (χ0n) is 14.0. The molecule has 1 aromatic heterocycles. The summed E-state index contributed by atoms with van der Waals surface area (Å²) in [6, 6.07) is 7.68. The minimum atomic E-state index is -0.627. The molecule has 0 aliphatic carbocycles. The van der Waals surface area contributed by atoms with Crippen molar-refractivity contribution in [1.82, 2.24) is 4.98 Å². The zero-order valence-corrected chi connectivity index (χ0v) is 14.0. The van der Waals surface area contributed by atoms with Gasteiger partial charge in [-0.3, -0.25) is 0 Å². The SMILES string of the molecule is Cc1ccc(OCCOC(=O)c2[nH]c(C)c([C@H](C)O)c2C)cc1. The van der Waals surface area contributed by atoms with Gasteiger partial charge in [0.1, 0.15) is 24.7 Å². The predicted octanol–water partition coefficient (Wildman–Crippen LogP) is 3.23. The molecule has 5 heteroatoms. The monoisotopic (exact) mass is 317 g/mol. The summed E-state index contributed by atoms with van der Waals surface area (Å²) >= 11 is 0. The van der Waals surface area contributed by atoms with Crippen molar-refractivity contribution in [2.24, 2.45) is 0 Å². The first-order valence-electron chi connectivity index (χ1n) is 7.64. The number of aliphatic hydroxyl groups is 1. The second-order valence-electron chi connectivity index (χ2n) is 5.64. The quantitative estimate of drug-likeness (QED) is 0.634. The first kappa shape index (κ1) is 17.1. The number of benzene rings is 1. The second kappa shape index (κ2) is 7.33. The summed E-state index contributed by atoms with van der Waals surface area (Å²) < 4.78 is 10.7. The third-order valence-electron chi connectivity index (χ3n) is 3.72. The van der Waals surface area contributed by atoms with Crippen molar-refractivity contribution in [2.75, 3.05) is 13.2 Å². The Balaban J connectivity index is 1.88. The van der Waals surface area contributed by atoms with Crippen LogP contribution < -0.4 is 4.74 Å². The molecule has 2 N–H and O–H groups in total. The molecule has 124 valence electrons. The third kappa shape index (κ3) is 4.13. The molecule has 0 spiro atoms. The van der Waals surface area contributed by atoms with Gasteiger partial charge in [-0.25, -0.2) is 4.79 Å². The Morgan fingerprint density at radius 1 is 1.17 bits per heavy atom. The van der Waals surface area contributed by atoms with Gasteiger partial charge in [0.2, 0.25) is 0 Å². The van der Waals surface area contributed by atoms with Crippen LogP contribution in [0.5, 0.6) is 5.75 Å². The smallest absolute Gasteiger partial charge is 0.355 e. The van der Waals surface area contributed by atoms with Gasteiger partial charge in [-0.05, 0) is 45.4 Å². The molecule has 0 amide bonds. The number of rotatable bonds is 6. The number of aliphatic hydroxyl groups excluding tert-OH is 1. The van der Waals surface area contributed by atoms with Crippen molar-refractivity contribution in [2.45, 2.75) is 33.8 Å².